The van der Waals surface area contributed by atoms with Crippen LogP contribution in [0.5, 0.6) is 0 Å². The van der Waals surface area contributed by atoms with Gasteiger partial charge in [0.25, 0.3) is 0 Å². The minimum Gasteiger partial charge on any atom is -0.378 e. The van der Waals surface area contributed by atoms with E-state index in [1.165, 1.54) is 11.3 Å². The topological polar surface area (TPSA) is 47.1 Å². The first-order chi connectivity index (χ1) is 11.7. The van der Waals surface area contributed by atoms with Crippen molar-refractivity contribution in [2.75, 3.05) is 25.5 Å². The number of aromatic nitrogens is 1. The van der Waals surface area contributed by atoms with Crippen LogP contribution in [0.25, 0.3) is 0 Å². The Bertz CT molecular complexity index is 615. The van der Waals surface area contributed by atoms with E-state index in [0.29, 0.717) is 0 Å². The normalized spacial score (nSPS) is 11.1. The molecule has 1 heterocycles. The highest BCUT2D eigenvalue weighted by atomic mass is 15.1. The Balaban J connectivity index is 1.72. The molecule has 0 saturated heterocycles. The quantitative estimate of drug-likeness (QED) is 0.429. The van der Waals surface area contributed by atoms with Gasteiger partial charge in [0.15, 0.2) is 18.9 Å². The van der Waals surface area contributed by atoms with Crippen LogP contribution in [0.4, 0.5) is 11.4 Å². The van der Waals surface area contributed by atoms with Crippen molar-refractivity contribution in [2.45, 2.75) is 32.2 Å². The fourth-order valence-electron chi connectivity index (χ4n) is 2.50. The summed E-state index contributed by atoms with van der Waals surface area (Å²) in [5.41, 5.74) is 7.50. The average Bonchev–Trinajstić information content (AvgIpc) is 2.61. The maximum absolute atomic E-state index is 4.53. The fourth-order valence-corrected chi connectivity index (χ4v) is 2.50. The van der Waals surface area contributed by atoms with Crippen LogP contribution in [-0.4, -0.2) is 26.9 Å². The maximum Gasteiger partial charge on any atom is 0.169 e. The number of quaternary nitrogens is 1. The summed E-state index contributed by atoms with van der Waals surface area (Å²) in [6, 6.07) is 12.8. The minimum atomic E-state index is 0.992. The van der Waals surface area contributed by atoms with Crippen LogP contribution in [0.3, 0.4) is 0 Å². The van der Waals surface area contributed by atoms with Crippen molar-refractivity contribution in [2.24, 2.45) is 4.99 Å². The molecule has 2 rings (SSSR count). The molecule has 0 aliphatic heterocycles. The SMILES string of the molecule is CN(C)c1ccc(N=CCCCc2cc[n+](CCC[NH3+])cc2)cc1. The Hall–Kier alpha value is -2.20. The molecule has 3 N–H and O–H groups in total. The predicted molar refractivity (Wildman–Crippen MR) is 101 cm³/mol. The van der Waals surface area contributed by atoms with Gasteiger partial charge in [0.2, 0.25) is 0 Å². The van der Waals surface area contributed by atoms with Crippen LogP contribution < -0.4 is 15.2 Å². The second-order valence-electron chi connectivity index (χ2n) is 6.27. The number of hydrogen-bond donors (Lipinski definition) is 1. The summed E-state index contributed by atoms with van der Waals surface area (Å²) in [6.07, 6.45) is 10.7. The van der Waals surface area contributed by atoms with Crippen molar-refractivity contribution in [3.8, 4) is 0 Å². The Kier molecular flexibility index (Phi) is 7.43. The third-order valence-electron chi connectivity index (χ3n) is 4.03. The van der Waals surface area contributed by atoms with Gasteiger partial charge in [0.05, 0.1) is 18.7 Å². The molecule has 0 saturated carbocycles. The van der Waals surface area contributed by atoms with Crippen molar-refractivity contribution in [1.82, 2.24) is 0 Å². The standard InChI is InChI=1S/C20H29N4/c1-23(2)20-9-7-19(8-10-20)22-14-4-3-6-18-11-16-24(17-12-18)15-5-13-21/h7-12,14,16-17H,3-6,13,15,21H2,1-2H3/q+1/p+1. The van der Waals surface area contributed by atoms with Gasteiger partial charge in [-0.15, -0.1) is 0 Å². The molecule has 1 aromatic heterocycles. The van der Waals surface area contributed by atoms with Gasteiger partial charge >= 0.3 is 0 Å². The van der Waals surface area contributed by atoms with Gasteiger partial charge in [-0.1, -0.05) is 0 Å². The summed E-state index contributed by atoms with van der Waals surface area (Å²) in [4.78, 5) is 6.63. The third-order valence-corrected chi connectivity index (χ3v) is 4.03. The molecule has 0 fully saturated rings. The number of nitrogens with zero attached hydrogens (tertiary/aromatic N) is 3. The van der Waals surface area contributed by atoms with Crippen molar-refractivity contribution in [1.29, 1.82) is 0 Å². The second-order valence-corrected chi connectivity index (χ2v) is 6.27. The zero-order valence-corrected chi connectivity index (χ0v) is 15.0. The van der Waals surface area contributed by atoms with Crippen LogP contribution in [0.15, 0.2) is 53.8 Å². The first-order valence-corrected chi connectivity index (χ1v) is 8.76. The number of aliphatic imine (C=N–C) groups is 1. The smallest absolute Gasteiger partial charge is 0.169 e. The van der Waals surface area contributed by atoms with E-state index in [1.807, 2.05) is 20.3 Å². The first kappa shape index (κ1) is 18.1. The molecule has 0 amide bonds. The zero-order valence-electron chi connectivity index (χ0n) is 15.0. The van der Waals surface area contributed by atoms with E-state index in [1.54, 1.807) is 0 Å². The molecule has 0 spiro atoms. The summed E-state index contributed by atoms with van der Waals surface area (Å²) in [6.45, 7) is 2.05. The second kappa shape index (κ2) is 9.83. The van der Waals surface area contributed by atoms with Crippen LogP contribution in [0.1, 0.15) is 24.8 Å². The predicted octanol–water partition coefficient (Wildman–Crippen LogP) is 2.40. The van der Waals surface area contributed by atoms with E-state index in [0.717, 1.165) is 44.5 Å². The molecule has 4 nitrogen and oxygen atoms in total. The highest BCUT2D eigenvalue weighted by Crippen LogP contribution is 2.17. The molecule has 24 heavy (non-hydrogen) atoms. The van der Waals surface area contributed by atoms with Crippen molar-refractivity contribution >= 4 is 17.6 Å². The largest absolute Gasteiger partial charge is 0.378 e. The van der Waals surface area contributed by atoms with Crippen LogP contribution in [0.2, 0.25) is 0 Å². The number of rotatable bonds is 9. The molecule has 0 bridgehead atoms. The molecule has 2 aromatic rings. The molecular weight excluding hydrogens is 296 g/mol. The van der Waals surface area contributed by atoms with E-state index < -0.39 is 0 Å². The summed E-state index contributed by atoms with van der Waals surface area (Å²) >= 11 is 0. The summed E-state index contributed by atoms with van der Waals surface area (Å²) in [7, 11) is 4.09. The van der Waals surface area contributed by atoms with E-state index in [2.05, 4.69) is 69.0 Å². The molecular formula is C20H30N4+2. The fraction of sp³-hybridized carbons (Fsp3) is 0.400. The summed E-state index contributed by atoms with van der Waals surface area (Å²) in [5.74, 6) is 0. The number of benzene rings is 1. The van der Waals surface area contributed by atoms with E-state index in [-0.39, 0.29) is 0 Å². The number of hydrogen-bond acceptors (Lipinski definition) is 2. The lowest BCUT2D eigenvalue weighted by molar-refractivity contribution is -0.699. The Labute approximate surface area is 145 Å². The Morgan fingerprint density at radius 1 is 1.04 bits per heavy atom. The molecule has 1 aromatic carbocycles. The van der Waals surface area contributed by atoms with E-state index in [4.69, 9.17) is 0 Å². The molecule has 0 radical (unpaired) electrons. The molecule has 128 valence electrons. The average molecular weight is 326 g/mol. The van der Waals surface area contributed by atoms with Crippen molar-refractivity contribution in [3.05, 3.63) is 54.4 Å². The third kappa shape index (κ3) is 6.13. The van der Waals surface area contributed by atoms with E-state index in [9.17, 15) is 0 Å². The number of pyridine rings is 1. The molecule has 0 atom stereocenters. The summed E-state index contributed by atoms with van der Waals surface area (Å²) in [5, 5.41) is 0. The van der Waals surface area contributed by atoms with Gasteiger partial charge in [0, 0.05) is 38.1 Å². The van der Waals surface area contributed by atoms with Gasteiger partial charge in [-0.25, -0.2) is 4.57 Å². The van der Waals surface area contributed by atoms with Crippen molar-refractivity contribution < 1.29 is 10.3 Å². The van der Waals surface area contributed by atoms with Crippen LogP contribution in [0, 0.1) is 0 Å². The van der Waals surface area contributed by atoms with Crippen LogP contribution in [-0.2, 0) is 13.0 Å². The lowest BCUT2D eigenvalue weighted by Crippen LogP contribution is -2.51. The van der Waals surface area contributed by atoms with Gasteiger partial charge in [-0.2, -0.15) is 0 Å². The van der Waals surface area contributed by atoms with Crippen molar-refractivity contribution in [3.63, 3.8) is 0 Å². The van der Waals surface area contributed by atoms with Gasteiger partial charge < -0.3 is 10.6 Å². The Morgan fingerprint density at radius 3 is 2.38 bits per heavy atom. The lowest BCUT2D eigenvalue weighted by atomic mass is 10.1. The molecule has 0 aliphatic rings. The van der Waals surface area contributed by atoms with E-state index >= 15 is 0 Å². The lowest BCUT2D eigenvalue weighted by Gasteiger charge is -2.11. The van der Waals surface area contributed by atoms with Gasteiger partial charge in [0.1, 0.15) is 0 Å². The highest BCUT2D eigenvalue weighted by molar-refractivity contribution is 5.64. The minimum absolute atomic E-state index is 0.992. The highest BCUT2D eigenvalue weighted by Gasteiger charge is 2.00. The van der Waals surface area contributed by atoms with Crippen LogP contribution >= 0.6 is 0 Å². The molecule has 4 heteroatoms. The maximum atomic E-state index is 4.53. The zero-order chi connectivity index (χ0) is 17.2. The van der Waals surface area contributed by atoms with Gasteiger partial charge in [-0.05, 0) is 49.1 Å². The number of aryl methyl sites for hydroxylation is 2. The molecule has 0 aliphatic carbocycles. The monoisotopic (exact) mass is 326 g/mol. The number of anilines is 1. The molecule has 0 unspecified atom stereocenters. The number of unbranched alkanes of at least 4 members (excludes halogenated alkanes) is 1. The first-order valence-electron chi connectivity index (χ1n) is 8.76. The summed E-state index contributed by atoms with van der Waals surface area (Å²) < 4.78 is 2.23. The Morgan fingerprint density at radius 2 is 1.75 bits per heavy atom. The van der Waals surface area contributed by atoms with Gasteiger partial charge in [-0.3, -0.25) is 4.99 Å².